The number of rotatable bonds is 0. The van der Waals surface area contributed by atoms with Crippen molar-refractivity contribution in [1.82, 2.24) is 0 Å². The molecule has 0 aliphatic heterocycles. The minimum Gasteiger partial charge on any atom is -0.419 e. The predicted octanol–water partition coefficient (Wildman–Crippen LogP) is 2.30. The standard InChI is InChI=1S/C6H6N.C3H7.V/c7-6-4-2-1-3-5-6;1-3-2;/h2-5H,7H2;1,3H2,2H3;/q2*-1;+2. The van der Waals surface area contributed by atoms with E-state index in [4.69, 9.17) is 5.73 Å². The molecular weight excluding hydrogens is 173 g/mol. The summed E-state index contributed by atoms with van der Waals surface area (Å²) in [6.07, 6.45) is 1.00. The third-order valence-corrected chi connectivity index (χ3v) is 0.744. The van der Waals surface area contributed by atoms with Crippen LogP contribution in [0.5, 0.6) is 0 Å². The summed E-state index contributed by atoms with van der Waals surface area (Å²) in [5.74, 6) is 0. The molecular formula is C9H13NV. The van der Waals surface area contributed by atoms with Crippen LogP contribution in [-0.2, 0) is 18.6 Å². The van der Waals surface area contributed by atoms with Gasteiger partial charge in [0.1, 0.15) is 0 Å². The molecule has 1 rings (SSSR count). The molecule has 2 N–H and O–H groups in total. The fourth-order valence-electron chi connectivity index (χ4n) is 0.400. The fourth-order valence-corrected chi connectivity index (χ4v) is 0.400. The quantitative estimate of drug-likeness (QED) is 0.488. The number of nitrogen functional groups attached to an aromatic ring is 1. The monoisotopic (exact) mass is 186 g/mol. The molecule has 0 heterocycles. The zero-order valence-corrected chi connectivity index (χ0v) is 8.14. The van der Waals surface area contributed by atoms with E-state index >= 15 is 0 Å². The van der Waals surface area contributed by atoms with Gasteiger partial charge in [-0.3, -0.25) is 0 Å². The molecule has 0 saturated heterocycles. The van der Waals surface area contributed by atoms with Gasteiger partial charge >= 0.3 is 18.6 Å². The Morgan fingerprint density at radius 1 is 1.45 bits per heavy atom. The normalized spacial score (nSPS) is 7.09. The zero-order chi connectivity index (χ0) is 7.82. The van der Waals surface area contributed by atoms with Gasteiger partial charge in [-0.25, -0.2) is 0 Å². The summed E-state index contributed by atoms with van der Waals surface area (Å²) in [4.78, 5) is 0. The molecule has 0 bridgehead atoms. The summed E-state index contributed by atoms with van der Waals surface area (Å²) in [7, 11) is 0. The second kappa shape index (κ2) is 9.60. The summed E-state index contributed by atoms with van der Waals surface area (Å²) in [5.41, 5.74) is 6.13. The number of hydrogen-bond acceptors (Lipinski definition) is 1. The van der Waals surface area contributed by atoms with Gasteiger partial charge in [0.2, 0.25) is 0 Å². The Balaban J connectivity index is 0. The molecule has 0 saturated carbocycles. The van der Waals surface area contributed by atoms with Crippen LogP contribution in [0.3, 0.4) is 0 Å². The summed E-state index contributed by atoms with van der Waals surface area (Å²) >= 11 is 0. The molecule has 1 aromatic carbocycles. The molecule has 0 amide bonds. The molecule has 1 aromatic rings. The Bertz CT molecular complexity index is 151. The molecule has 0 aliphatic rings. The van der Waals surface area contributed by atoms with Gasteiger partial charge < -0.3 is 12.7 Å². The van der Waals surface area contributed by atoms with Crippen LogP contribution in [0.2, 0.25) is 0 Å². The van der Waals surface area contributed by atoms with Crippen molar-refractivity contribution in [2.24, 2.45) is 0 Å². The smallest absolute Gasteiger partial charge is 0.419 e. The third kappa shape index (κ3) is 9.60. The van der Waals surface area contributed by atoms with Crippen molar-refractivity contribution in [2.75, 3.05) is 5.73 Å². The average molecular weight is 186 g/mol. The topological polar surface area (TPSA) is 26.0 Å². The maximum atomic E-state index is 5.34. The summed E-state index contributed by atoms with van der Waals surface area (Å²) in [6, 6.07) is 10.0. The molecule has 0 spiro atoms. The van der Waals surface area contributed by atoms with Crippen molar-refractivity contribution >= 4 is 5.69 Å². The first-order valence-corrected chi connectivity index (χ1v) is 3.32. The molecule has 0 aliphatic carbocycles. The largest absolute Gasteiger partial charge is 2.00 e. The SMILES string of the molecule is Nc1cc[c-]cc1.[CH2-]CC.[V+2]. The molecule has 0 atom stereocenters. The number of nitrogens with two attached hydrogens (primary N) is 1. The van der Waals surface area contributed by atoms with Crippen molar-refractivity contribution in [1.29, 1.82) is 0 Å². The first kappa shape index (κ1) is 13.2. The van der Waals surface area contributed by atoms with Crippen LogP contribution in [-0.4, -0.2) is 0 Å². The molecule has 0 aromatic heterocycles. The Morgan fingerprint density at radius 2 is 1.82 bits per heavy atom. The number of hydrogen-bond donors (Lipinski definition) is 1. The molecule has 59 valence electrons. The molecule has 11 heavy (non-hydrogen) atoms. The molecule has 1 radical (unpaired) electrons. The van der Waals surface area contributed by atoms with E-state index in [1.807, 2.05) is 6.92 Å². The van der Waals surface area contributed by atoms with Crippen LogP contribution < -0.4 is 5.73 Å². The van der Waals surface area contributed by atoms with E-state index in [0.717, 1.165) is 12.1 Å². The molecule has 1 nitrogen and oxygen atoms in total. The van der Waals surface area contributed by atoms with E-state index in [1.54, 1.807) is 24.3 Å². The van der Waals surface area contributed by atoms with E-state index in [2.05, 4.69) is 13.0 Å². The van der Waals surface area contributed by atoms with Crippen LogP contribution in [0, 0.1) is 13.0 Å². The molecule has 2 heteroatoms. The van der Waals surface area contributed by atoms with Crippen LogP contribution in [0.15, 0.2) is 24.3 Å². The second-order valence-corrected chi connectivity index (χ2v) is 1.83. The van der Waals surface area contributed by atoms with Crippen LogP contribution in [0.25, 0.3) is 0 Å². The van der Waals surface area contributed by atoms with Gasteiger partial charge in [0, 0.05) is 0 Å². The second-order valence-electron chi connectivity index (χ2n) is 1.83. The van der Waals surface area contributed by atoms with Gasteiger partial charge in [-0.15, -0.1) is 12.1 Å². The van der Waals surface area contributed by atoms with Gasteiger partial charge in [0.05, 0.1) is 0 Å². The molecule has 0 unspecified atom stereocenters. The predicted molar refractivity (Wildman–Crippen MR) is 45.3 cm³/mol. The van der Waals surface area contributed by atoms with E-state index < -0.39 is 0 Å². The van der Waals surface area contributed by atoms with Crippen molar-refractivity contribution in [2.45, 2.75) is 13.3 Å². The minimum atomic E-state index is 0. The van der Waals surface area contributed by atoms with E-state index in [0.29, 0.717) is 0 Å². The Morgan fingerprint density at radius 3 is 2.00 bits per heavy atom. The number of benzene rings is 1. The van der Waals surface area contributed by atoms with Crippen LogP contribution in [0.4, 0.5) is 5.69 Å². The third-order valence-electron chi connectivity index (χ3n) is 0.744. The van der Waals surface area contributed by atoms with Crippen molar-refractivity contribution in [3.63, 3.8) is 0 Å². The number of anilines is 1. The maximum absolute atomic E-state index is 5.34. The average Bonchev–Trinajstić information content (AvgIpc) is 1.91. The Hall–Kier alpha value is -0.396. The Labute approximate surface area is 80.9 Å². The first-order valence-electron chi connectivity index (χ1n) is 3.32. The van der Waals surface area contributed by atoms with E-state index in [9.17, 15) is 0 Å². The summed E-state index contributed by atoms with van der Waals surface area (Å²) < 4.78 is 0. The van der Waals surface area contributed by atoms with Crippen molar-refractivity contribution in [3.05, 3.63) is 37.3 Å². The minimum absolute atomic E-state index is 0. The van der Waals surface area contributed by atoms with Gasteiger partial charge in [0.25, 0.3) is 0 Å². The van der Waals surface area contributed by atoms with E-state index in [-0.39, 0.29) is 18.6 Å². The van der Waals surface area contributed by atoms with Crippen molar-refractivity contribution in [3.8, 4) is 0 Å². The maximum Gasteiger partial charge on any atom is 2.00 e. The van der Waals surface area contributed by atoms with Crippen molar-refractivity contribution < 1.29 is 18.6 Å². The zero-order valence-electron chi connectivity index (χ0n) is 6.75. The fraction of sp³-hybridized carbons (Fsp3) is 0.222. The van der Waals surface area contributed by atoms with Crippen LogP contribution >= 0.6 is 0 Å². The Kier molecular flexibility index (Phi) is 11.5. The van der Waals surface area contributed by atoms with Gasteiger partial charge in [-0.2, -0.15) is 24.6 Å². The van der Waals surface area contributed by atoms with Crippen LogP contribution in [0.1, 0.15) is 13.3 Å². The van der Waals surface area contributed by atoms with E-state index in [1.165, 1.54) is 0 Å². The van der Waals surface area contributed by atoms with Gasteiger partial charge in [-0.05, 0) is 0 Å². The van der Waals surface area contributed by atoms with Gasteiger partial charge in [0.15, 0.2) is 0 Å². The first-order chi connectivity index (χ1) is 4.81. The summed E-state index contributed by atoms with van der Waals surface area (Å²) in [6.45, 7) is 5.50. The molecule has 0 fully saturated rings. The summed E-state index contributed by atoms with van der Waals surface area (Å²) in [5, 5.41) is 0. The van der Waals surface area contributed by atoms with Gasteiger partial charge in [-0.1, -0.05) is 12.6 Å².